The van der Waals surface area contributed by atoms with E-state index in [0.29, 0.717) is 17.9 Å². The van der Waals surface area contributed by atoms with Crippen molar-refractivity contribution in [1.29, 1.82) is 0 Å². The van der Waals surface area contributed by atoms with Crippen LogP contribution >= 0.6 is 20.0 Å². The molecule has 0 heterocycles. The summed E-state index contributed by atoms with van der Waals surface area (Å²) in [7, 11) is -2.91. The van der Waals surface area contributed by atoms with Crippen molar-refractivity contribution in [2.24, 2.45) is 0 Å². The standard InChI is InChI=1S/C21H28F2NO3PS/c22-19-15-21(29-13-6-2-5-10-17-8-3-1-4-9-17)20(23)14-18(19)16-24-11-7-12-27-28(25)26/h1,3-4,8-9,14-15,24,28H,2,5-7,10-13,16H2,(H,25,26). The van der Waals surface area contributed by atoms with Gasteiger partial charge in [0.15, 0.2) is 0 Å². The maximum atomic E-state index is 14.3. The molecular weight excluding hydrogens is 415 g/mol. The lowest BCUT2D eigenvalue weighted by Crippen LogP contribution is -2.17. The first kappa shape index (κ1) is 24.0. The Labute approximate surface area is 176 Å². The Morgan fingerprint density at radius 2 is 1.83 bits per heavy atom. The van der Waals surface area contributed by atoms with Crippen LogP contribution in [0.25, 0.3) is 0 Å². The van der Waals surface area contributed by atoms with Crippen LogP contribution in [0.1, 0.15) is 36.8 Å². The summed E-state index contributed by atoms with van der Waals surface area (Å²) in [6.07, 6.45) is 4.67. The van der Waals surface area contributed by atoms with E-state index in [1.165, 1.54) is 29.5 Å². The fourth-order valence-electron chi connectivity index (χ4n) is 2.83. The third-order valence-electron chi connectivity index (χ3n) is 4.35. The molecule has 0 saturated heterocycles. The van der Waals surface area contributed by atoms with Crippen molar-refractivity contribution in [3.8, 4) is 0 Å². The molecule has 2 N–H and O–H groups in total. The van der Waals surface area contributed by atoms with Crippen LogP contribution < -0.4 is 5.32 Å². The predicted octanol–water partition coefficient (Wildman–Crippen LogP) is 5.35. The molecule has 0 spiro atoms. The number of benzene rings is 2. The third-order valence-corrected chi connectivity index (χ3v) is 5.92. The van der Waals surface area contributed by atoms with Gasteiger partial charge in [0.05, 0.1) is 6.61 Å². The van der Waals surface area contributed by atoms with Crippen LogP contribution in [-0.4, -0.2) is 23.8 Å². The quantitative estimate of drug-likeness (QED) is 0.234. The van der Waals surface area contributed by atoms with Crippen molar-refractivity contribution in [1.82, 2.24) is 5.32 Å². The van der Waals surface area contributed by atoms with E-state index in [-0.39, 0.29) is 18.7 Å². The molecule has 0 radical (unpaired) electrons. The van der Waals surface area contributed by atoms with Gasteiger partial charge in [0, 0.05) is 17.0 Å². The number of halogens is 2. The molecule has 8 heteroatoms. The van der Waals surface area contributed by atoms with Gasteiger partial charge in [0.2, 0.25) is 0 Å². The van der Waals surface area contributed by atoms with E-state index in [9.17, 15) is 13.3 Å². The molecular formula is C21H28F2NO3PS. The molecule has 0 aliphatic rings. The minimum absolute atomic E-state index is 0.152. The molecule has 160 valence electrons. The van der Waals surface area contributed by atoms with Crippen molar-refractivity contribution in [2.45, 2.75) is 43.5 Å². The molecule has 4 nitrogen and oxygen atoms in total. The van der Waals surface area contributed by atoms with Crippen molar-refractivity contribution >= 4 is 20.0 Å². The number of rotatable bonds is 14. The molecule has 0 fully saturated rings. The zero-order valence-electron chi connectivity index (χ0n) is 16.3. The Morgan fingerprint density at radius 3 is 2.59 bits per heavy atom. The summed E-state index contributed by atoms with van der Waals surface area (Å²) in [4.78, 5) is 8.88. The number of nitrogens with one attached hydrogen (secondary N) is 1. The first-order chi connectivity index (χ1) is 14.1. The summed E-state index contributed by atoms with van der Waals surface area (Å²) in [6.45, 7) is 0.830. The molecule has 0 amide bonds. The first-order valence-electron chi connectivity index (χ1n) is 9.77. The van der Waals surface area contributed by atoms with Gasteiger partial charge in [-0.1, -0.05) is 36.8 Å². The lowest BCUT2D eigenvalue weighted by Gasteiger charge is -2.09. The van der Waals surface area contributed by atoms with Crippen molar-refractivity contribution < 1.29 is 22.8 Å². The highest BCUT2D eigenvalue weighted by Crippen LogP contribution is 2.26. The van der Waals surface area contributed by atoms with Crippen LogP contribution in [0.15, 0.2) is 47.4 Å². The molecule has 0 aromatic heterocycles. The Kier molecular flexibility index (Phi) is 11.5. The van der Waals surface area contributed by atoms with Gasteiger partial charge < -0.3 is 14.7 Å². The fourth-order valence-corrected chi connectivity index (χ4v) is 4.10. The summed E-state index contributed by atoms with van der Waals surface area (Å²) < 4.78 is 43.4. The monoisotopic (exact) mass is 443 g/mol. The normalized spacial score (nSPS) is 12.2. The first-order valence-corrected chi connectivity index (χ1v) is 12.0. The van der Waals surface area contributed by atoms with E-state index in [4.69, 9.17) is 4.89 Å². The second-order valence-electron chi connectivity index (χ2n) is 6.66. The van der Waals surface area contributed by atoms with Crippen LogP contribution in [0, 0.1) is 11.6 Å². The van der Waals surface area contributed by atoms with Gasteiger partial charge in [-0.3, -0.25) is 4.57 Å². The SMILES string of the molecule is O=[PH](O)OCCCNCc1cc(F)c(SCCCCCc2ccccc2)cc1F. The Hall–Kier alpha value is -1.24. The van der Waals surface area contributed by atoms with Crippen molar-refractivity contribution in [3.05, 3.63) is 65.2 Å². The van der Waals surface area contributed by atoms with Gasteiger partial charge in [0.25, 0.3) is 0 Å². The van der Waals surface area contributed by atoms with Crippen LogP contribution in [0.4, 0.5) is 8.78 Å². The molecule has 29 heavy (non-hydrogen) atoms. The Morgan fingerprint density at radius 1 is 1.03 bits per heavy atom. The van der Waals surface area contributed by atoms with E-state index >= 15 is 0 Å². The van der Waals surface area contributed by atoms with E-state index in [1.807, 2.05) is 18.2 Å². The number of thioether (sulfide) groups is 1. The van der Waals surface area contributed by atoms with Crippen LogP contribution in [0.2, 0.25) is 0 Å². The van der Waals surface area contributed by atoms with E-state index in [2.05, 4.69) is 22.0 Å². The van der Waals surface area contributed by atoms with Gasteiger partial charge >= 0.3 is 8.25 Å². The second-order valence-corrected chi connectivity index (χ2v) is 8.62. The minimum atomic E-state index is -2.91. The minimum Gasteiger partial charge on any atom is -0.326 e. The van der Waals surface area contributed by atoms with Gasteiger partial charge in [-0.15, -0.1) is 11.8 Å². The maximum absolute atomic E-state index is 14.3. The van der Waals surface area contributed by atoms with Crippen molar-refractivity contribution in [2.75, 3.05) is 18.9 Å². The number of hydrogen-bond acceptors (Lipinski definition) is 4. The summed E-state index contributed by atoms with van der Waals surface area (Å²) >= 11 is 1.35. The van der Waals surface area contributed by atoms with Crippen LogP contribution in [0.3, 0.4) is 0 Å². The predicted molar refractivity (Wildman–Crippen MR) is 115 cm³/mol. The van der Waals surface area contributed by atoms with E-state index in [0.717, 1.165) is 31.4 Å². The molecule has 2 aromatic rings. The molecule has 2 aromatic carbocycles. The second kappa shape index (κ2) is 13.9. The lowest BCUT2D eigenvalue weighted by atomic mass is 10.1. The summed E-state index contributed by atoms with van der Waals surface area (Å²) in [5.74, 6) is -0.0710. The average molecular weight is 443 g/mol. The molecule has 1 unspecified atom stereocenters. The molecule has 0 aliphatic heterocycles. The number of hydrogen-bond donors (Lipinski definition) is 2. The summed E-state index contributed by atoms with van der Waals surface area (Å²) in [5.41, 5.74) is 1.60. The molecule has 1 atom stereocenters. The highest BCUT2D eigenvalue weighted by atomic mass is 32.2. The zero-order valence-corrected chi connectivity index (χ0v) is 18.1. The lowest BCUT2D eigenvalue weighted by molar-refractivity contribution is 0.276. The van der Waals surface area contributed by atoms with Gasteiger partial charge in [-0.2, -0.15) is 0 Å². The van der Waals surface area contributed by atoms with Crippen molar-refractivity contribution in [3.63, 3.8) is 0 Å². The van der Waals surface area contributed by atoms with Gasteiger partial charge in [-0.05, 0) is 55.7 Å². The topological polar surface area (TPSA) is 58.6 Å². The number of aryl methyl sites for hydroxylation is 1. The third kappa shape index (κ3) is 9.87. The van der Waals surface area contributed by atoms with Gasteiger partial charge in [0.1, 0.15) is 11.6 Å². The fraction of sp³-hybridized carbons (Fsp3) is 0.429. The molecule has 0 bridgehead atoms. The Bertz CT molecular complexity index is 765. The molecule has 0 saturated carbocycles. The maximum Gasteiger partial charge on any atom is 0.316 e. The molecule has 2 rings (SSSR count). The largest absolute Gasteiger partial charge is 0.326 e. The highest BCUT2D eigenvalue weighted by molar-refractivity contribution is 7.99. The van der Waals surface area contributed by atoms with E-state index < -0.39 is 19.9 Å². The zero-order chi connectivity index (χ0) is 20.9. The van der Waals surface area contributed by atoms with Crippen LogP contribution in [0.5, 0.6) is 0 Å². The van der Waals surface area contributed by atoms with Crippen LogP contribution in [-0.2, 0) is 22.1 Å². The molecule has 0 aliphatic carbocycles. The number of unbranched alkanes of at least 4 members (excludes halogenated alkanes) is 2. The smallest absolute Gasteiger partial charge is 0.316 e. The summed E-state index contributed by atoms with van der Waals surface area (Å²) in [5, 5.41) is 2.98. The highest BCUT2D eigenvalue weighted by Gasteiger charge is 2.10. The average Bonchev–Trinajstić information content (AvgIpc) is 2.70. The van der Waals surface area contributed by atoms with E-state index in [1.54, 1.807) is 0 Å². The summed E-state index contributed by atoms with van der Waals surface area (Å²) in [6, 6.07) is 12.8. The van der Waals surface area contributed by atoms with Gasteiger partial charge in [-0.25, -0.2) is 8.78 Å². The Balaban J connectivity index is 1.65.